The van der Waals surface area contributed by atoms with Crippen molar-refractivity contribution >= 4 is 23.4 Å². The predicted octanol–water partition coefficient (Wildman–Crippen LogP) is 2.57. The summed E-state index contributed by atoms with van der Waals surface area (Å²) in [7, 11) is 0. The third-order valence-corrected chi connectivity index (χ3v) is 4.82. The number of carbonyl (C=O) groups is 1. The highest BCUT2D eigenvalue weighted by atomic mass is 16.4. The summed E-state index contributed by atoms with van der Waals surface area (Å²) < 4.78 is 0. The smallest absolute Gasteiger partial charge is 0.335 e. The Morgan fingerprint density at radius 1 is 1.19 bits per heavy atom. The average molecular weight is 361 g/mol. The number of nitrogen functional groups attached to an aromatic ring is 2. The van der Waals surface area contributed by atoms with Crippen LogP contribution in [-0.4, -0.2) is 27.6 Å². The molecule has 2 aromatic carbocycles. The minimum absolute atomic E-state index is 0.165. The first kappa shape index (κ1) is 16.8. The van der Waals surface area contributed by atoms with Crippen LogP contribution in [-0.2, 0) is 13.0 Å². The number of rotatable bonds is 4. The van der Waals surface area contributed by atoms with Crippen molar-refractivity contribution in [3.8, 4) is 11.1 Å². The lowest BCUT2D eigenvalue weighted by Gasteiger charge is -2.20. The Kier molecular flexibility index (Phi) is 4.12. The third kappa shape index (κ3) is 3.15. The molecule has 136 valence electrons. The molecule has 0 saturated heterocycles. The number of aromatic nitrogens is 2. The Hall–Kier alpha value is -3.61. The topological polar surface area (TPSA) is 118 Å². The number of benzene rings is 2. The predicted molar refractivity (Wildman–Crippen MR) is 104 cm³/mol. The van der Waals surface area contributed by atoms with E-state index >= 15 is 0 Å². The molecule has 3 aromatic rings. The zero-order valence-corrected chi connectivity index (χ0v) is 14.6. The standard InChI is InChI=1S/C20H19N5O2/c21-18-14(10-23-20(22)24-18)11-25-8-7-16-15(5-2-6-17(16)25)12-3-1-4-13(9-12)19(26)27/h1-6,9-10H,7-8,11H2,(H,26,27)(H4,21,22,23,24). The van der Waals surface area contributed by atoms with E-state index in [0.717, 1.165) is 35.3 Å². The minimum Gasteiger partial charge on any atom is -0.478 e. The molecule has 1 aliphatic rings. The number of fused-ring (bicyclic) bond motifs is 1. The molecule has 0 amide bonds. The van der Waals surface area contributed by atoms with Crippen LogP contribution in [0.15, 0.2) is 48.7 Å². The number of nitrogens with two attached hydrogens (primary N) is 2. The monoisotopic (exact) mass is 361 g/mol. The van der Waals surface area contributed by atoms with Crippen LogP contribution in [0.5, 0.6) is 0 Å². The van der Waals surface area contributed by atoms with Crippen molar-refractivity contribution in [3.05, 3.63) is 65.4 Å². The first-order chi connectivity index (χ1) is 13.0. The van der Waals surface area contributed by atoms with Crippen LogP contribution < -0.4 is 16.4 Å². The van der Waals surface area contributed by atoms with Gasteiger partial charge in [-0.05, 0) is 41.3 Å². The van der Waals surface area contributed by atoms with E-state index in [2.05, 4.69) is 20.9 Å². The second-order valence-corrected chi connectivity index (χ2v) is 6.50. The van der Waals surface area contributed by atoms with Crippen LogP contribution >= 0.6 is 0 Å². The summed E-state index contributed by atoms with van der Waals surface area (Å²) in [5.41, 5.74) is 16.9. The van der Waals surface area contributed by atoms with Crippen LogP contribution in [0.2, 0.25) is 0 Å². The van der Waals surface area contributed by atoms with Gasteiger partial charge in [0.05, 0.1) is 5.56 Å². The zero-order valence-electron chi connectivity index (χ0n) is 14.6. The molecule has 27 heavy (non-hydrogen) atoms. The van der Waals surface area contributed by atoms with Crippen LogP contribution in [0, 0.1) is 0 Å². The van der Waals surface area contributed by atoms with Crippen molar-refractivity contribution < 1.29 is 9.90 Å². The van der Waals surface area contributed by atoms with E-state index in [9.17, 15) is 9.90 Å². The lowest BCUT2D eigenvalue weighted by atomic mass is 9.96. The maximum Gasteiger partial charge on any atom is 0.335 e. The molecular formula is C20H19N5O2. The highest BCUT2D eigenvalue weighted by Crippen LogP contribution is 2.37. The van der Waals surface area contributed by atoms with Crippen LogP contribution in [0.3, 0.4) is 0 Å². The molecule has 7 heteroatoms. The van der Waals surface area contributed by atoms with Crippen molar-refractivity contribution in [2.45, 2.75) is 13.0 Å². The summed E-state index contributed by atoms with van der Waals surface area (Å²) in [5.74, 6) is -0.371. The number of anilines is 3. The van der Waals surface area contributed by atoms with Gasteiger partial charge in [-0.1, -0.05) is 24.3 Å². The number of carboxylic acids is 1. The van der Waals surface area contributed by atoms with Gasteiger partial charge in [-0.15, -0.1) is 0 Å². The van der Waals surface area contributed by atoms with E-state index in [1.54, 1.807) is 24.4 Å². The second-order valence-electron chi connectivity index (χ2n) is 6.50. The Balaban J connectivity index is 1.68. The van der Waals surface area contributed by atoms with Gasteiger partial charge in [-0.3, -0.25) is 0 Å². The summed E-state index contributed by atoms with van der Waals surface area (Å²) in [6.45, 7) is 1.44. The van der Waals surface area contributed by atoms with Crippen molar-refractivity contribution in [2.75, 3.05) is 22.9 Å². The van der Waals surface area contributed by atoms with Crippen molar-refractivity contribution in [1.82, 2.24) is 9.97 Å². The maximum absolute atomic E-state index is 11.3. The molecule has 0 aliphatic carbocycles. The summed E-state index contributed by atoms with van der Waals surface area (Å²) in [5, 5.41) is 9.26. The Morgan fingerprint density at radius 2 is 2.00 bits per heavy atom. The molecule has 2 heterocycles. The molecule has 1 aromatic heterocycles. The van der Waals surface area contributed by atoms with Gasteiger partial charge in [-0.2, -0.15) is 4.98 Å². The highest BCUT2D eigenvalue weighted by Gasteiger charge is 2.23. The molecule has 0 fully saturated rings. The number of nitrogens with zero attached hydrogens (tertiary/aromatic N) is 3. The van der Waals surface area contributed by atoms with E-state index in [0.29, 0.717) is 12.4 Å². The zero-order chi connectivity index (χ0) is 19.0. The SMILES string of the molecule is Nc1ncc(CN2CCc3c(-c4cccc(C(=O)O)c4)cccc32)c(N)n1. The fourth-order valence-corrected chi connectivity index (χ4v) is 3.52. The lowest BCUT2D eigenvalue weighted by molar-refractivity contribution is 0.0697. The van der Waals surface area contributed by atoms with Gasteiger partial charge in [0, 0.05) is 30.5 Å². The van der Waals surface area contributed by atoms with E-state index in [-0.39, 0.29) is 11.5 Å². The van der Waals surface area contributed by atoms with Gasteiger partial charge >= 0.3 is 5.97 Å². The van der Waals surface area contributed by atoms with Crippen LogP contribution in [0.1, 0.15) is 21.5 Å². The van der Waals surface area contributed by atoms with Gasteiger partial charge in [0.1, 0.15) is 5.82 Å². The van der Waals surface area contributed by atoms with Crippen molar-refractivity contribution in [2.24, 2.45) is 0 Å². The average Bonchev–Trinajstić information content (AvgIpc) is 3.07. The Morgan fingerprint density at radius 3 is 2.78 bits per heavy atom. The minimum atomic E-state index is -0.926. The van der Waals surface area contributed by atoms with Crippen molar-refractivity contribution in [3.63, 3.8) is 0 Å². The summed E-state index contributed by atoms with van der Waals surface area (Å²) in [4.78, 5) is 21.6. The van der Waals surface area contributed by atoms with Crippen LogP contribution in [0.25, 0.3) is 11.1 Å². The molecule has 7 nitrogen and oxygen atoms in total. The number of hydrogen-bond donors (Lipinski definition) is 3. The number of carboxylic acid groups (broad SMARTS) is 1. The molecule has 4 rings (SSSR count). The number of hydrogen-bond acceptors (Lipinski definition) is 6. The number of aromatic carboxylic acids is 1. The Labute approximate surface area is 156 Å². The van der Waals surface area contributed by atoms with E-state index in [1.807, 2.05) is 18.2 Å². The lowest BCUT2D eigenvalue weighted by Crippen LogP contribution is -2.21. The molecule has 5 N–H and O–H groups in total. The molecule has 1 aliphatic heterocycles. The largest absolute Gasteiger partial charge is 0.478 e. The van der Waals surface area contributed by atoms with E-state index in [1.165, 1.54) is 5.56 Å². The van der Waals surface area contributed by atoms with Gasteiger partial charge in [0.2, 0.25) is 5.95 Å². The normalized spacial score (nSPS) is 12.8. The molecule has 0 atom stereocenters. The fraction of sp³-hybridized carbons (Fsp3) is 0.150. The van der Waals surface area contributed by atoms with Crippen LogP contribution in [0.4, 0.5) is 17.5 Å². The molecule has 0 radical (unpaired) electrons. The summed E-state index contributed by atoms with van der Waals surface area (Å²) in [6.07, 6.45) is 2.54. The first-order valence-electron chi connectivity index (χ1n) is 8.60. The first-order valence-corrected chi connectivity index (χ1v) is 8.60. The fourth-order valence-electron chi connectivity index (χ4n) is 3.52. The molecule has 0 bridgehead atoms. The highest BCUT2D eigenvalue weighted by molar-refractivity contribution is 5.90. The molecular weight excluding hydrogens is 342 g/mol. The van der Waals surface area contributed by atoms with Gasteiger partial charge in [-0.25, -0.2) is 9.78 Å². The van der Waals surface area contributed by atoms with E-state index < -0.39 is 5.97 Å². The molecule has 0 saturated carbocycles. The van der Waals surface area contributed by atoms with Gasteiger partial charge < -0.3 is 21.5 Å². The molecule has 0 spiro atoms. The van der Waals surface area contributed by atoms with Crippen molar-refractivity contribution in [1.29, 1.82) is 0 Å². The Bertz CT molecular complexity index is 1030. The summed E-state index contributed by atoms with van der Waals surface area (Å²) in [6, 6.07) is 13.1. The van der Waals surface area contributed by atoms with Gasteiger partial charge in [0.15, 0.2) is 0 Å². The third-order valence-electron chi connectivity index (χ3n) is 4.82. The maximum atomic E-state index is 11.3. The van der Waals surface area contributed by atoms with Gasteiger partial charge in [0.25, 0.3) is 0 Å². The second kappa shape index (κ2) is 6.60. The quantitative estimate of drug-likeness (QED) is 0.653. The van der Waals surface area contributed by atoms with E-state index in [4.69, 9.17) is 11.5 Å². The summed E-state index contributed by atoms with van der Waals surface area (Å²) >= 11 is 0. The molecule has 0 unspecified atom stereocenters.